The van der Waals surface area contributed by atoms with Gasteiger partial charge < -0.3 is 15.3 Å². The summed E-state index contributed by atoms with van der Waals surface area (Å²) >= 11 is 0. The molecule has 6 rings (SSSR count). The molecule has 0 radical (unpaired) electrons. The van der Waals surface area contributed by atoms with Crippen LogP contribution in [0.25, 0.3) is 32.8 Å². The third-order valence-electron chi connectivity index (χ3n) is 7.76. The lowest BCUT2D eigenvalue weighted by Gasteiger charge is -2.35. The molecule has 0 aliphatic carbocycles. The maximum Gasteiger partial charge on any atom is 0.157 e. The summed E-state index contributed by atoms with van der Waals surface area (Å²) in [5.41, 5.74) is 1.87. The standard InChI is InChI=1S/C30H28F2N4O/c1-5-21-24(31)9-6-17-10-20(37)11-22(26(17)21)29-27(32)25-16(4)28(15(2)3)35-30(23(25)12-33-29)36-13-18-7-8-19(14-36)34-18/h1,6,9-12,15,18-19,34,37H,7-8,13-14H2,2-4H3. The van der Waals surface area contributed by atoms with Crippen LogP contribution in [0.4, 0.5) is 14.6 Å². The minimum atomic E-state index is -0.582. The predicted octanol–water partition coefficient (Wildman–Crippen LogP) is 5.79. The second-order valence-corrected chi connectivity index (χ2v) is 10.5. The average Bonchev–Trinajstić information content (AvgIpc) is 3.21. The Morgan fingerprint density at radius 1 is 1.14 bits per heavy atom. The highest BCUT2D eigenvalue weighted by molar-refractivity contribution is 6.04. The molecule has 4 aromatic rings. The molecular formula is C30H28F2N4O. The van der Waals surface area contributed by atoms with Crippen molar-refractivity contribution in [2.24, 2.45) is 0 Å². The van der Waals surface area contributed by atoms with E-state index in [2.05, 4.69) is 35.0 Å². The molecule has 2 bridgehead atoms. The molecule has 188 valence electrons. The van der Waals surface area contributed by atoms with Gasteiger partial charge in [0.2, 0.25) is 0 Å². The zero-order valence-corrected chi connectivity index (χ0v) is 21.1. The lowest BCUT2D eigenvalue weighted by atomic mass is 9.93. The number of phenols is 1. The topological polar surface area (TPSA) is 61.3 Å². The number of hydrogen-bond donors (Lipinski definition) is 2. The number of anilines is 1. The van der Waals surface area contributed by atoms with Gasteiger partial charge in [-0.15, -0.1) is 6.42 Å². The van der Waals surface area contributed by atoms with E-state index in [1.165, 1.54) is 24.3 Å². The molecule has 2 unspecified atom stereocenters. The van der Waals surface area contributed by atoms with Crippen LogP contribution in [-0.2, 0) is 0 Å². The lowest BCUT2D eigenvalue weighted by molar-refractivity contribution is 0.464. The fraction of sp³-hybridized carbons (Fsp3) is 0.333. The molecule has 5 nitrogen and oxygen atoms in total. The van der Waals surface area contributed by atoms with Gasteiger partial charge in [-0.1, -0.05) is 25.8 Å². The van der Waals surface area contributed by atoms with Gasteiger partial charge in [-0.05, 0) is 54.8 Å². The average molecular weight is 499 g/mol. The molecule has 7 heteroatoms. The highest BCUT2D eigenvalue weighted by Crippen LogP contribution is 2.41. The fourth-order valence-corrected chi connectivity index (χ4v) is 6.12. The molecule has 0 amide bonds. The van der Waals surface area contributed by atoms with Crippen molar-refractivity contribution < 1.29 is 13.9 Å². The summed E-state index contributed by atoms with van der Waals surface area (Å²) in [5, 5.41) is 16.0. The number of hydrogen-bond acceptors (Lipinski definition) is 5. The normalized spacial score (nSPS) is 19.2. The number of phenolic OH excluding ortho intramolecular Hbond substituents is 1. The molecule has 0 saturated carbocycles. The zero-order chi connectivity index (χ0) is 26.0. The van der Waals surface area contributed by atoms with Crippen LogP contribution in [0.15, 0.2) is 30.5 Å². The van der Waals surface area contributed by atoms with Gasteiger partial charge in [0.15, 0.2) is 5.82 Å². The SMILES string of the molecule is C#Cc1c(F)ccc2cc(O)cc(-c3ncc4c(N5CC6CCC(C5)N6)nc(C(C)C)c(C)c4c3F)c12. The molecule has 0 spiro atoms. The van der Waals surface area contributed by atoms with E-state index in [4.69, 9.17) is 11.4 Å². The van der Waals surface area contributed by atoms with Crippen molar-refractivity contribution in [2.45, 2.75) is 51.6 Å². The first-order valence-electron chi connectivity index (χ1n) is 12.7. The summed E-state index contributed by atoms with van der Waals surface area (Å²) in [5.74, 6) is 2.04. The summed E-state index contributed by atoms with van der Waals surface area (Å²) in [4.78, 5) is 11.8. The van der Waals surface area contributed by atoms with Crippen molar-refractivity contribution in [1.29, 1.82) is 0 Å². The van der Waals surface area contributed by atoms with Gasteiger partial charge >= 0.3 is 0 Å². The van der Waals surface area contributed by atoms with Crippen molar-refractivity contribution >= 4 is 27.4 Å². The first-order chi connectivity index (χ1) is 17.8. The minimum Gasteiger partial charge on any atom is -0.508 e. The van der Waals surface area contributed by atoms with Gasteiger partial charge in [0.25, 0.3) is 0 Å². The van der Waals surface area contributed by atoms with Crippen molar-refractivity contribution in [2.75, 3.05) is 18.0 Å². The molecular weight excluding hydrogens is 470 g/mol. The van der Waals surface area contributed by atoms with Crippen LogP contribution in [-0.4, -0.2) is 40.2 Å². The Morgan fingerprint density at radius 3 is 2.54 bits per heavy atom. The van der Waals surface area contributed by atoms with Crippen molar-refractivity contribution in [1.82, 2.24) is 15.3 Å². The Hall–Kier alpha value is -3.76. The van der Waals surface area contributed by atoms with Gasteiger partial charge in [0, 0.05) is 58.8 Å². The smallest absolute Gasteiger partial charge is 0.157 e. The number of halogens is 2. The van der Waals surface area contributed by atoms with E-state index in [0.717, 1.165) is 43.0 Å². The van der Waals surface area contributed by atoms with Crippen molar-refractivity contribution in [3.8, 4) is 29.4 Å². The van der Waals surface area contributed by atoms with Crippen LogP contribution in [0.3, 0.4) is 0 Å². The van der Waals surface area contributed by atoms with Crippen LogP contribution in [0.2, 0.25) is 0 Å². The monoisotopic (exact) mass is 498 g/mol. The molecule has 2 saturated heterocycles. The predicted molar refractivity (Wildman–Crippen MR) is 143 cm³/mol. The van der Waals surface area contributed by atoms with E-state index in [9.17, 15) is 9.50 Å². The number of benzene rings is 2. The number of aromatic hydroxyl groups is 1. The van der Waals surface area contributed by atoms with E-state index in [1.54, 1.807) is 6.20 Å². The number of piperazine rings is 1. The second kappa shape index (κ2) is 8.67. The molecule has 2 aliphatic rings. The Balaban J connectivity index is 1.65. The Morgan fingerprint density at radius 2 is 1.86 bits per heavy atom. The summed E-state index contributed by atoms with van der Waals surface area (Å²) in [6.07, 6.45) is 9.55. The first kappa shape index (κ1) is 23.6. The number of aromatic nitrogens is 2. The summed E-state index contributed by atoms with van der Waals surface area (Å²) in [6, 6.07) is 6.45. The van der Waals surface area contributed by atoms with Crippen molar-refractivity contribution in [3.63, 3.8) is 0 Å². The van der Waals surface area contributed by atoms with Gasteiger partial charge in [0.05, 0.1) is 5.56 Å². The second-order valence-electron chi connectivity index (χ2n) is 10.5. The minimum absolute atomic E-state index is 0.0140. The molecule has 2 fully saturated rings. The Bertz CT molecular complexity index is 1610. The number of aryl methyl sites for hydroxylation is 1. The van der Waals surface area contributed by atoms with E-state index in [1.807, 2.05) is 6.92 Å². The lowest BCUT2D eigenvalue weighted by Crippen LogP contribution is -2.51. The van der Waals surface area contributed by atoms with Crippen LogP contribution >= 0.6 is 0 Å². The molecule has 2 aromatic heterocycles. The van der Waals surface area contributed by atoms with Crippen LogP contribution in [0.5, 0.6) is 5.75 Å². The van der Waals surface area contributed by atoms with Gasteiger partial charge in [-0.2, -0.15) is 0 Å². The maximum atomic E-state index is 16.6. The molecule has 2 aromatic carbocycles. The number of rotatable bonds is 3. The van der Waals surface area contributed by atoms with E-state index < -0.39 is 11.6 Å². The Labute approximate surface area is 214 Å². The van der Waals surface area contributed by atoms with Crippen LogP contribution in [0, 0.1) is 30.9 Å². The van der Waals surface area contributed by atoms with Crippen LogP contribution < -0.4 is 10.2 Å². The number of pyridine rings is 2. The van der Waals surface area contributed by atoms with Gasteiger partial charge in [0.1, 0.15) is 23.1 Å². The van der Waals surface area contributed by atoms with Crippen molar-refractivity contribution in [3.05, 3.63) is 58.9 Å². The number of fused-ring (bicyclic) bond motifs is 4. The van der Waals surface area contributed by atoms with Crippen LogP contribution in [0.1, 0.15) is 49.4 Å². The first-order valence-corrected chi connectivity index (χ1v) is 12.7. The van der Waals surface area contributed by atoms with E-state index in [0.29, 0.717) is 33.6 Å². The number of nitrogens with zero attached hydrogens (tertiary/aromatic N) is 3. The van der Waals surface area contributed by atoms with E-state index >= 15 is 4.39 Å². The fourth-order valence-electron chi connectivity index (χ4n) is 6.12. The summed E-state index contributed by atoms with van der Waals surface area (Å²) in [7, 11) is 0. The maximum absolute atomic E-state index is 16.6. The zero-order valence-electron chi connectivity index (χ0n) is 21.1. The number of nitrogens with one attached hydrogen (secondary N) is 1. The summed E-state index contributed by atoms with van der Waals surface area (Å²) < 4.78 is 31.3. The largest absolute Gasteiger partial charge is 0.508 e. The Kier molecular flexibility index (Phi) is 5.54. The van der Waals surface area contributed by atoms with Gasteiger partial charge in [-0.25, -0.2) is 13.8 Å². The molecule has 2 atom stereocenters. The van der Waals surface area contributed by atoms with Gasteiger partial charge in [-0.3, -0.25) is 4.98 Å². The summed E-state index contributed by atoms with van der Waals surface area (Å²) in [6.45, 7) is 7.61. The number of terminal acetylenes is 1. The van der Waals surface area contributed by atoms with E-state index in [-0.39, 0.29) is 28.5 Å². The highest BCUT2D eigenvalue weighted by Gasteiger charge is 2.34. The highest BCUT2D eigenvalue weighted by atomic mass is 19.1. The molecule has 37 heavy (non-hydrogen) atoms. The third kappa shape index (κ3) is 3.70. The molecule has 4 heterocycles. The molecule has 2 aliphatic heterocycles. The molecule has 2 N–H and O–H groups in total. The third-order valence-corrected chi connectivity index (χ3v) is 7.76. The quantitative estimate of drug-likeness (QED) is 0.350.